The third kappa shape index (κ3) is 7.64. The van der Waals surface area contributed by atoms with Crippen molar-refractivity contribution < 1.29 is 0 Å². The van der Waals surface area contributed by atoms with Gasteiger partial charge in [-0.2, -0.15) is 0 Å². The van der Waals surface area contributed by atoms with Crippen LogP contribution in [0.4, 0.5) is 0 Å². The highest BCUT2D eigenvalue weighted by Crippen LogP contribution is 2.35. The van der Waals surface area contributed by atoms with Crippen molar-refractivity contribution in [2.75, 3.05) is 0 Å². The molecule has 0 fully saturated rings. The largest absolute Gasteiger partial charge is 0.257 e. The summed E-state index contributed by atoms with van der Waals surface area (Å²) in [5, 5.41) is 0. The normalized spacial score (nSPS) is 21.6. The second-order valence-corrected chi connectivity index (χ2v) is 8.27. The number of hydrogen-bond donors (Lipinski definition) is 0. The van der Waals surface area contributed by atoms with Crippen LogP contribution in [0.5, 0.6) is 0 Å². The molecule has 1 aliphatic rings. The average molecular weight is 358 g/mol. The van der Waals surface area contributed by atoms with Crippen molar-refractivity contribution in [2.24, 2.45) is 10.4 Å². The van der Waals surface area contributed by atoms with Crippen LogP contribution in [0.25, 0.3) is 0 Å². The molecule has 1 unspecified atom stereocenters. The Morgan fingerprint density at radius 3 is 2.19 bits per heavy atom. The standard InChI is InChI=1S/C25H43N/c1-6-10-12-17-21-25(5,20-11-7-2)24(9-4)26-23-19-16-14-13-15-18-22(23)8-3/h8-9H,3-4,6-7,10-21H2,1-2,5H3/b23-22+,26-24+. The molecule has 0 amide bonds. The summed E-state index contributed by atoms with van der Waals surface area (Å²) in [6.07, 6.45) is 21.8. The molecule has 0 aliphatic heterocycles. The second-order valence-electron chi connectivity index (χ2n) is 8.27. The molecule has 0 saturated carbocycles. The molecule has 0 heterocycles. The minimum atomic E-state index is 0.160. The molecule has 0 aromatic carbocycles. The van der Waals surface area contributed by atoms with Crippen molar-refractivity contribution in [3.8, 4) is 0 Å². The number of hydrogen-bond acceptors (Lipinski definition) is 1. The highest BCUT2D eigenvalue weighted by atomic mass is 14.8. The maximum Gasteiger partial charge on any atom is 0.0460 e. The zero-order valence-corrected chi connectivity index (χ0v) is 17.9. The van der Waals surface area contributed by atoms with Crippen LogP contribution in [0.3, 0.4) is 0 Å². The fraction of sp³-hybridized carbons (Fsp3) is 0.720. The predicted molar refractivity (Wildman–Crippen MR) is 119 cm³/mol. The summed E-state index contributed by atoms with van der Waals surface area (Å²) < 4.78 is 0. The van der Waals surface area contributed by atoms with Gasteiger partial charge in [0.2, 0.25) is 0 Å². The van der Waals surface area contributed by atoms with Gasteiger partial charge in [0.1, 0.15) is 0 Å². The van der Waals surface area contributed by atoms with Crippen LogP contribution in [-0.4, -0.2) is 5.71 Å². The van der Waals surface area contributed by atoms with Crippen molar-refractivity contribution in [1.29, 1.82) is 0 Å². The molecule has 1 rings (SSSR count). The maximum absolute atomic E-state index is 5.24. The van der Waals surface area contributed by atoms with Gasteiger partial charge in [-0.05, 0) is 50.2 Å². The molecule has 0 aromatic rings. The van der Waals surface area contributed by atoms with Crippen LogP contribution in [0.15, 0.2) is 41.6 Å². The number of unbranched alkanes of at least 4 members (excludes halogenated alkanes) is 4. The first-order valence-electron chi connectivity index (χ1n) is 11.2. The number of nitrogens with zero attached hydrogens (tertiary/aromatic N) is 1. The molecular formula is C25H43N. The molecule has 0 radical (unpaired) electrons. The van der Waals surface area contributed by atoms with Crippen molar-refractivity contribution in [2.45, 2.75) is 111 Å². The third-order valence-electron chi connectivity index (χ3n) is 5.96. The summed E-state index contributed by atoms with van der Waals surface area (Å²) in [5.74, 6) is 0. The van der Waals surface area contributed by atoms with E-state index in [2.05, 4.69) is 40.0 Å². The van der Waals surface area contributed by atoms with E-state index in [0.29, 0.717) is 0 Å². The molecule has 0 saturated heterocycles. The summed E-state index contributed by atoms with van der Waals surface area (Å²) in [5.41, 5.74) is 4.03. The monoisotopic (exact) mass is 357 g/mol. The molecule has 1 nitrogen and oxygen atoms in total. The molecule has 1 heteroatoms. The smallest absolute Gasteiger partial charge is 0.0460 e. The van der Waals surface area contributed by atoms with Crippen molar-refractivity contribution >= 4 is 5.71 Å². The molecule has 0 N–H and O–H groups in total. The van der Waals surface area contributed by atoms with Gasteiger partial charge in [0.15, 0.2) is 0 Å². The fourth-order valence-electron chi connectivity index (χ4n) is 4.08. The first-order valence-corrected chi connectivity index (χ1v) is 11.2. The highest BCUT2D eigenvalue weighted by Gasteiger charge is 2.28. The van der Waals surface area contributed by atoms with E-state index in [0.717, 1.165) is 12.8 Å². The van der Waals surface area contributed by atoms with Gasteiger partial charge in [0, 0.05) is 16.8 Å². The van der Waals surface area contributed by atoms with Crippen LogP contribution < -0.4 is 0 Å². The zero-order valence-electron chi connectivity index (χ0n) is 17.9. The van der Waals surface area contributed by atoms with Gasteiger partial charge in [-0.3, -0.25) is 4.99 Å². The van der Waals surface area contributed by atoms with E-state index in [9.17, 15) is 0 Å². The summed E-state index contributed by atoms with van der Waals surface area (Å²) >= 11 is 0. The Morgan fingerprint density at radius 2 is 1.58 bits per heavy atom. The quantitative estimate of drug-likeness (QED) is 0.245. The van der Waals surface area contributed by atoms with Gasteiger partial charge in [-0.1, -0.05) is 91.4 Å². The Morgan fingerprint density at radius 1 is 0.923 bits per heavy atom. The zero-order chi connectivity index (χ0) is 19.3. The van der Waals surface area contributed by atoms with Crippen LogP contribution in [0.1, 0.15) is 111 Å². The van der Waals surface area contributed by atoms with Crippen molar-refractivity contribution in [1.82, 2.24) is 0 Å². The third-order valence-corrected chi connectivity index (χ3v) is 5.96. The molecule has 0 spiro atoms. The number of rotatable bonds is 12. The minimum Gasteiger partial charge on any atom is -0.257 e. The molecule has 26 heavy (non-hydrogen) atoms. The lowest BCUT2D eigenvalue weighted by atomic mass is 9.75. The lowest BCUT2D eigenvalue weighted by molar-refractivity contribution is 0.363. The summed E-state index contributed by atoms with van der Waals surface area (Å²) in [4.78, 5) is 5.24. The van der Waals surface area contributed by atoms with Gasteiger partial charge in [-0.15, -0.1) is 0 Å². The highest BCUT2D eigenvalue weighted by molar-refractivity contribution is 5.99. The summed E-state index contributed by atoms with van der Waals surface area (Å²) in [6.45, 7) is 15.2. The number of aliphatic imine (C=N–C) groups is 1. The Bertz CT molecular complexity index is 482. The Kier molecular flexibility index (Phi) is 11.6. The van der Waals surface area contributed by atoms with E-state index < -0.39 is 0 Å². The Balaban J connectivity index is 3.09. The Hall–Kier alpha value is -1.11. The summed E-state index contributed by atoms with van der Waals surface area (Å²) in [6, 6.07) is 0. The van der Waals surface area contributed by atoms with Gasteiger partial charge in [0.25, 0.3) is 0 Å². The van der Waals surface area contributed by atoms with E-state index in [1.807, 2.05) is 6.08 Å². The molecular weight excluding hydrogens is 314 g/mol. The summed E-state index contributed by atoms with van der Waals surface area (Å²) in [7, 11) is 0. The van der Waals surface area contributed by atoms with E-state index >= 15 is 0 Å². The van der Waals surface area contributed by atoms with Gasteiger partial charge >= 0.3 is 0 Å². The molecule has 0 bridgehead atoms. The van der Waals surface area contributed by atoms with Gasteiger partial charge < -0.3 is 0 Å². The van der Waals surface area contributed by atoms with E-state index in [4.69, 9.17) is 4.99 Å². The van der Waals surface area contributed by atoms with Crippen molar-refractivity contribution in [3.05, 3.63) is 36.6 Å². The van der Waals surface area contributed by atoms with Gasteiger partial charge in [-0.25, -0.2) is 0 Å². The van der Waals surface area contributed by atoms with Crippen LogP contribution in [0, 0.1) is 5.41 Å². The first kappa shape index (κ1) is 22.9. The average Bonchev–Trinajstić information content (AvgIpc) is 2.63. The molecule has 1 aliphatic carbocycles. The van der Waals surface area contributed by atoms with Crippen molar-refractivity contribution in [3.63, 3.8) is 0 Å². The van der Waals surface area contributed by atoms with Crippen LogP contribution in [-0.2, 0) is 0 Å². The SMILES string of the molecule is C=C/C1=C(\N=C(/C=C)C(C)(CCCC)CCCCCC)CCCCCC1. The topological polar surface area (TPSA) is 12.4 Å². The van der Waals surface area contributed by atoms with Crippen LogP contribution >= 0.6 is 0 Å². The molecule has 0 aromatic heterocycles. The molecule has 148 valence electrons. The van der Waals surface area contributed by atoms with E-state index in [-0.39, 0.29) is 5.41 Å². The van der Waals surface area contributed by atoms with E-state index in [1.165, 1.54) is 94.0 Å². The lowest BCUT2D eigenvalue weighted by Crippen LogP contribution is -2.27. The number of allylic oxidation sites excluding steroid dienone is 4. The molecule has 1 atom stereocenters. The first-order chi connectivity index (χ1) is 12.6. The minimum absolute atomic E-state index is 0.160. The fourth-order valence-corrected chi connectivity index (χ4v) is 4.08. The lowest BCUT2D eigenvalue weighted by Gasteiger charge is -2.31. The van der Waals surface area contributed by atoms with Crippen LogP contribution in [0.2, 0.25) is 0 Å². The van der Waals surface area contributed by atoms with E-state index in [1.54, 1.807) is 0 Å². The van der Waals surface area contributed by atoms with Gasteiger partial charge in [0.05, 0.1) is 0 Å². The predicted octanol–water partition coefficient (Wildman–Crippen LogP) is 8.57. The second kappa shape index (κ2) is 13.1. The Labute approximate surface area is 163 Å². The maximum atomic E-state index is 5.24.